The van der Waals surface area contributed by atoms with Crippen LogP contribution in [0.1, 0.15) is 135 Å². The third-order valence-electron chi connectivity index (χ3n) is 10.6. The first-order valence-electron chi connectivity index (χ1n) is 17.7. The molecule has 2 aliphatic rings. The molecule has 1 amide bonds. The van der Waals surface area contributed by atoms with Crippen molar-refractivity contribution in [3.05, 3.63) is 88.3 Å². The van der Waals surface area contributed by atoms with Gasteiger partial charge in [0.05, 0.1) is 0 Å². The first kappa shape index (κ1) is 37.3. The number of nitrogens with one attached hydrogen (secondary N) is 1. The van der Waals surface area contributed by atoms with Crippen molar-refractivity contribution in [2.45, 2.75) is 131 Å². The summed E-state index contributed by atoms with van der Waals surface area (Å²) in [6, 6.07) is 13.6. The van der Waals surface area contributed by atoms with Gasteiger partial charge in [0.1, 0.15) is 11.5 Å². The van der Waals surface area contributed by atoms with Crippen molar-refractivity contribution in [3.63, 3.8) is 0 Å². The van der Waals surface area contributed by atoms with Gasteiger partial charge in [-0.3, -0.25) is 14.5 Å². The van der Waals surface area contributed by atoms with Gasteiger partial charge in [-0.15, -0.1) is 0 Å². The Morgan fingerprint density at radius 1 is 0.958 bits per heavy atom. The second kappa shape index (κ2) is 14.5. The highest BCUT2D eigenvalue weighted by Gasteiger charge is 2.47. The quantitative estimate of drug-likeness (QED) is 0.231. The van der Waals surface area contributed by atoms with Crippen LogP contribution in [0.3, 0.4) is 0 Å². The van der Waals surface area contributed by atoms with Crippen LogP contribution in [0.4, 0.5) is 5.69 Å². The first-order chi connectivity index (χ1) is 22.3. The smallest absolute Gasteiger partial charge is 0.255 e. The third kappa shape index (κ3) is 9.34. The van der Waals surface area contributed by atoms with Crippen LogP contribution in [0.2, 0.25) is 0 Å². The largest absolute Gasteiger partial charge is 0.360 e. The zero-order valence-corrected chi connectivity index (χ0v) is 31.5. The van der Waals surface area contributed by atoms with E-state index in [9.17, 15) is 9.59 Å². The predicted molar refractivity (Wildman–Crippen MR) is 205 cm³/mol. The van der Waals surface area contributed by atoms with E-state index in [0.717, 1.165) is 52.0 Å². The molecule has 0 atom stereocenters. The lowest BCUT2D eigenvalue weighted by atomic mass is 9.72. The molecule has 1 N–H and O–H groups in total. The Morgan fingerprint density at radius 3 is 2.15 bits per heavy atom. The van der Waals surface area contributed by atoms with Crippen LogP contribution >= 0.6 is 0 Å². The van der Waals surface area contributed by atoms with E-state index in [1.165, 1.54) is 25.7 Å². The first-order valence-corrected chi connectivity index (χ1v) is 17.7. The molecule has 1 saturated heterocycles. The van der Waals surface area contributed by atoms with Crippen molar-refractivity contribution in [1.82, 2.24) is 10.1 Å². The average molecular weight is 660 g/mol. The number of benzene rings is 2. The van der Waals surface area contributed by atoms with Gasteiger partial charge in [-0.1, -0.05) is 62.3 Å². The van der Waals surface area contributed by atoms with Crippen LogP contribution in [0.15, 0.2) is 53.6 Å². The van der Waals surface area contributed by atoms with Gasteiger partial charge in [-0.2, -0.15) is 0 Å². The van der Waals surface area contributed by atoms with Crippen LogP contribution in [0.5, 0.6) is 0 Å². The molecule has 6 nitrogen and oxygen atoms in total. The second-order valence-corrected chi connectivity index (χ2v) is 16.7. The number of aryl methyl sites for hydroxylation is 4. The number of aromatic nitrogens is 1. The van der Waals surface area contributed by atoms with E-state index in [0.29, 0.717) is 40.7 Å². The molecule has 0 spiro atoms. The number of hydrogen-bond acceptors (Lipinski definition) is 5. The van der Waals surface area contributed by atoms with E-state index in [1.54, 1.807) is 6.07 Å². The molecule has 2 aromatic carbocycles. The summed E-state index contributed by atoms with van der Waals surface area (Å²) in [6.07, 6.45) is 7.66. The second-order valence-electron chi connectivity index (χ2n) is 16.7. The minimum atomic E-state index is -0.170. The zero-order chi connectivity index (χ0) is 35.6. The molecule has 5 rings (SSSR count). The lowest BCUT2D eigenvalue weighted by Crippen LogP contribution is -2.58. The standard InChI is InChI=1S/C29H34N2O3.C13H25N.3H2/c1-18-11-13-23(19(2)15-18)28(33)30-24-14-12-22(16-20(24)3)9-8-10-26(32)21(4)25-17-27(34-31-25)29(5,6)7;1-12(2)8-11(10-6-7-10)9-13(3,4)14(12)5;;;/h11-17H,4,8-10H2,1-3,5-7H3,(H,30,33);10-11H,6-9H2,1-5H3;3*1H. The monoisotopic (exact) mass is 660 g/mol. The van der Waals surface area contributed by atoms with E-state index < -0.39 is 0 Å². The highest BCUT2D eigenvalue weighted by molar-refractivity contribution is 6.19. The number of anilines is 1. The van der Waals surface area contributed by atoms with Crippen molar-refractivity contribution in [2.24, 2.45) is 11.8 Å². The lowest BCUT2D eigenvalue weighted by Gasteiger charge is -2.54. The van der Waals surface area contributed by atoms with Gasteiger partial charge < -0.3 is 9.84 Å². The van der Waals surface area contributed by atoms with Crippen molar-refractivity contribution >= 4 is 23.0 Å². The summed E-state index contributed by atoms with van der Waals surface area (Å²) in [5.41, 5.74) is 7.19. The minimum absolute atomic E-state index is 0. The Hall–Kier alpha value is -3.51. The molecule has 0 bridgehead atoms. The zero-order valence-electron chi connectivity index (χ0n) is 31.5. The molecule has 1 aromatic heterocycles. The number of hydrogen-bond donors (Lipinski definition) is 1. The van der Waals surface area contributed by atoms with Gasteiger partial charge in [-0.25, -0.2) is 0 Å². The Morgan fingerprint density at radius 2 is 1.60 bits per heavy atom. The van der Waals surface area contributed by atoms with Crippen LogP contribution in [-0.2, 0) is 16.6 Å². The highest BCUT2D eigenvalue weighted by Crippen LogP contribution is 2.49. The molecule has 1 aliphatic carbocycles. The number of piperidine rings is 1. The molecule has 1 aliphatic heterocycles. The maximum atomic E-state index is 12.7. The summed E-state index contributed by atoms with van der Waals surface area (Å²) in [5.74, 6) is 2.66. The fourth-order valence-electron chi connectivity index (χ4n) is 7.15. The average Bonchev–Trinajstić information content (AvgIpc) is 3.71. The summed E-state index contributed by atoms with van der Waals surface area (Å²) >= 11 is 0. The number of ketones is 1. The number of nitrogens with zero attached hydrogens (tertiary/aromatic N) is 2. The SMILES string of the molecule is C=C(C(=O)CCCc1ccc(NC(=O)c2ccc(C)cc2C)c(C)c1)c1cc(C(C)(C)C)on1.CN1C(C)(C)CC(C2CC2)CC1(C)C.[HH].[HH].[HH]. The van der Waals surface area contributed by atoms with Crippen molar-refractivity contribution in [1.29, 1.82) is 0 Å². The van der Waals surface area contributed by atoms with Gasteiger partial charge in [0.2, 0.25) is 0 Å². The molecule has 3 aromatic rings. The number of Topliss-reactive ketones (excluding diaryl/α,β-unsaturated/α-hetero) is 1. The van der Waals surface area contributed by atoms with E-state index in [2.05, 4.69) is 62.8 Å². The van der Waals surface area contributed by atoms with E-state index in [4.69, 9.17) is 4.52 Å². The van der Waals surface area contributed by atoms with E-state index >= 15 is 0 Å². The number of amides is 1. The van der Waals surface area contributed by atoms with Gasteiger partial charge in [-0.05, 0) is 135 Å². The number of rotatable bonds is 9. The summed E-state index contributed by atoms with van der Waals surface area (Å²) < 4.78 is 5.37. The summed E-state index contributed by atoms with van der Waals surface area (Å²) in [5, 5.41) is 7.03. The Balaban J connectivity index is 0.000000643. The summed E-state index contributed by atoms with van der Waals surface area (Å²) in [6.45, 7) is 25.6. The van der Waals surface area contributed by atoms with Gasteiger partial charge in [0, 0.05) is 50.1 Å². The van der Waals surface area contributed by atoms with E-state index in [-0.39, 0.29) is 21.4 Å². The third-order valence-corrected chi connectivity index (χ3v) is 10.6. The van der Waals surface area contributed by atoms with Crippen LogP contribution in [-0.4, -0.2) is 39.9 Å². The van der Waals surface area contributed by atoms with E-state index in [1.807, 2.05) is 71.9 Å². The maximum absolute atomic E-state index is 12.7. The maximum Gasteiger partial charge on any atom is 0.255 e. The molecule has 1 saturated carbocycles. The Bertz CT molecular complexity index is 1630. The van der Waals surface area contributed by atoms with Gasteiger partial charge in [0.15, 0.2) is 5.78 Å². The van der Waals surface area contributed by atoms with Crippen LogP contribution in [0.25, 0.3) is 5.57 Å². The molecule has 0 radical (unpaired) electrons. The summed E-state index contributed by atoms with van der Waals surface area (Å²) in [4.78, 5) is 27.9. The molecule has 2 fully saturated rings. The number of carbonyl (C=O) groups is 2. The Labute approximate surface area is 294 Å². The molecule has 2 heterocycles. The van der Waals surface area contributed by atoms with Crippen LogP contribution < -0.4 is 5.32 Å². The minimum Gasteiger partial charge on any atom is -0.360 e. The molecule has 0 unspecified atom stereocenters. The highest BCUT2D eigenvalue weighted by atomic mass is 16.5. The number of allylic oxidation sites excluding steroid dienone is 1. The molecular weight excluding hydrogens is 594 g/mol. The molecule has 48 heavy (non-hydrogen) atoms. The van der Waals surface area contributed by atoms with Gasteiger partial charge >= 0.3 is 0 Å². The fraction of sp³-hybridized carbons (Fsp3) is 0.548. The fourth-order valence-corrected chi connectivity index (χ4v) is 7.15. The topological polar surface area (TPSA) is 75.4 Å². The van der Waals surface area contributed by atoms with Crippen LogP contribution in [0, 0.1) is 32.6 Å². The Kier molecular flexibility index (Phi) is 11.3. The molecule has 266 valence electrons. The van der Waals surface area contributed by atoms with Crippen molar-refractivity contribution < 1.29 is 18.4 Å². The number of likely N-dealkylation sites (tertiary alicyclic amines) is 1. The van der Waals surface area contributed by atoms with Gasteiger partial charge in [0.25, 0.3) is 5.91 Å². The lowest BCUT2D eigenvalue weighted by molar-refractivity contribution is -0.113. The molecule has 6 heteroatoms. The van der Waals surface area contributed by atoms with Crippen molar-refractivity contribution in [3.8, 4) is 0 Å². The number of carbonyl (C=O) groups excluding carboxylic acids is 2. The summed E-state index contributed by atoms with van der Waals surface area (Å²) in [7, 11) is 2.29. The predicted octanol–water partition coefficient (Wildman–Crippen LogP) is 10.8. The van der Waals surface area contributed by atoms with Crippen molar-refractivity contribution in [2.75, 3.05) is 12.4 Å². The molecular formula is C42H65N3O3. The normalized spacial score (nSPS) is 17.7.